The third-order valence-electron chi connectivity index (χ3n) is 1.50. The van der Waals surface area contributed by atoms with E-state index in [1.807, 2.05) is 0 Å². The average molecular weight is 202 g/mol. The lowest BCUT2D eigenvalue weighted by Gasteiger charge is -2.11. The van der Waals surface area contributed by atoms with Crippen LogP contribution >= 0.6 is 11.6 Å². The van der Waals surface area contributed by atoms with Crippen LogP contribution in [0.3, 0.4) is 0 Å². The van der Waals surface area contributed by atoms with Crippen LogP contribution in [-0.2, 0) is 0 Å². The minimum Gasteiger partial charge on any atom is -0.396 e. The molecule has 1 unspecified atom stereocenters. The third kappa shape index (κ3) is 2.75. The summed E-state index contributed by atoms with van der Waals surface area (Å²) >= 11 is 5.83. The summed E-state index contributed by atoms with van der Waals surface area (Å²) in [5.74, 6) is 0. The van der Waals surface area contributed by atoms with E-state index in [2.05, 4.69) is 10.3 Å². The number of halogens is 1. The number of hydrogen-bond donors (Lipinski definition) is 3. The van der Waals surface area contributed by atoms with Crippen LogP contribution in [0.25, 0.3) is 0 Å². The zero-order valence-electron chi connectivity index (χ0n) is 7.29. The van der Waals surface area contributed by atoms with Crippen LogP contribution in [0.1, 0.15) is 6.92 Å². The molecule has 0 radical (unpaired) electrons. The molecule has 4 N–H and O–H groups in total. The number of aliphatic hydroxyl groups is 1. The fraction of sp³-hybridized carbons (Fsp3) is 0.375. The van der Waals surface area contributed by atoms with E-state index < -0.39 is 6.10 Å². The maximum Gasteiger partial charge on any atom is 0.0841 e. The molecule has 1 rings (SSSR count). The van der Waals surface area contributed by atoms with E-state index in [-0.39, 0.29) is 0 Å². The third-order valence-corrected chi connectivity index (χ3v) is 1.79. The first-order valence-electron chi connectivity index (χ1n) is 3.92. The molecular weight excluding hydrogens is 190 g/mol. The first-order valence-corrected chi connectivity index (χ1v) is 4.30. The smallest absolute Gasteiger partial charge is 0.0841 e. The summed E-state index contributed by atoms with van der Waals surface area (Å²) in [6.45, 7) is 2.09. The first-order chi connectivity index (χ1) is 6.11. The number of pyridine rings is 1. The van der Waals surface area contributed by atoms with Gasteiger partial charge in [-0.15, -0.1) is 0 Å². The van der Waals surface area contributed by atoms with Gasteiger partial charge < -0.3 is 16.2 Å². The summed E-state index contributed by atoms with van der Waals surface area (Å²) in [5, 5.41) is 12.4. The zero-order valence-corrected chi connectivity index (χ0v) is 8.04. The molecule has 0 aliphatic carbocycles. The largest absolute Gasteiger partial charge is 0.396 e. The molecule has 0 bridgehead atoms. The quantitative estimate of drug-likeness (QED) is 0.685. The molecule has 0 fully saturated rings. The van der Waals surface area contributed by atoms with Crippen LogP contribution in [0.4, 0.5) is 11.4 Å². The van der Waals surface area contributed by atoms with Crippen molar-refractivity contribution in [3.63, 3.8) is 0 Å². The summed E-state index contributed by atoms with van der Waals surface area (Å²) in [4.78, 5) is 3.81. The second kappa shape index (κ2) is 4.30. The molecule has 13 heavy (non-hydrogen) atoms. The standard InChI is InChI=1S/C8H12ClN3O/c1-5(13)2-12-8-6(9)3-11-4-7(8)10/h3-5,13H,2,10H2,1H3,(H,11,12). The van der Waals surface area contributed by atoms with E-state index in [9.17, 15) is 0 Å². The van der Waals surface area contributed by atoms with Gasteiger partial charge in [-0.3, -0.25) is 4.98 Å². The Bertz CT molecular complexity index is 270. The number of aliphatic hydroxyl groups excluding tert-OH is 1. The maximum atomic E-state index is 9.03. The molecule has 0 saturated heterocycles. The Balaban J connectivity index is 2.75. The molecule has 0 aliphatic rings. The van der Waals surface area contributed by atoms with Gasteiger partial charge in [0.2, 0.25) is 0 Å². The Kier molecular flexibility index (Phi) is 3.33. The molecule has 5 heteroatoms. The van der Waals surface area contributed by atoms with Gasteiger partial charge in [-0.1, -0.05) is 11.6 Å². The van der Waals surface area contributed by atoms with Crippen molar-refractivity contribution in [2.75, 3.05) is 17.6 Å². The van der Waals surface area contributed by atoms with Gasteiger partial charge in [0.25, 0.3) is 0 Å². The summed E-state index contributed by atoms with van der Waals surface area (Å²) in [6.07, 6.45) is 2.57. The minimum absolute atomic E-state index is 0.411. The van der Waals surface area contributed by atoms with E-state index in [4.69, 9.17) is 22.4 Å². The lowest BCUT2D eigenvalue weighted by molar-refractivity contribution is 0.208. The van der Waals surface area contributed by atoms with E-state index in [1.54, 1.807) is 6.92 Å². The number of nitrogens with one attached hydrogen (secondary N) is 1. The Hall–Kier alpha value is -1.00. The molecule has 0 aliphatic heterocycles. The monoisotopic (exact) mass is 201 g/mol. The Morgan fingerprint density at radius 1 is 1.69 bits per heavy atom. The van der Waals surface area contributed by atoms with Gasteiger partial charge >= 0.3 is 0 Å². The highest BCUT2D eigenvalue weighted by molar-refractivity contribution is 6.33. The van der Waals surface area contributed by atoms with Crippen molar-refractivity contribution in [3.05, 3.63) is 17.4 Å². The minimum atomic E-state index is -0.441. The normalized spacial score (nSPS) is 12.5. The SMILES string of the molecule is CC(O)CNc1c(N)cncc1Cl. The summed E-state index contributed by atoms with van der Waals surface area (Å²) < 4.78 is 0. The van der Waals surface area contributed by atoms with Crippen molar-refractivity contribution < 1.29 is 5.11 Å². The summed E-state index contributed by atoms with van der Waals surface area (Å²) in [6, 6.07) is 0. The molecule has 0 aromatic carbocycles. The van der Waals surface area contributed by atoms with Crippen molar-refractivity contribution >= 4 is 23.0 Å². The van der Waals surface area contributed by atoms with Gasteiger partial charge in [0.05, 0.1) is 28.7 Å². The van der Waals surface area contributed by atoms with Crippen molar-refractivity contribution in [2.24, 2.45) is 0 Å². The van der Waals surface area contributed by atoms with Gasteiger partial charge in [-0.25, -0.2) is 0 Å². The molecule has 0 amide bonds. The Labute approximate surface area is 81.7 Å². The molecule has 0 spiro atoms. The molecule has 1 aromatic heterocycles. The van der Waals surface area contributed by atoms with Gasteiger partial charge in [0, 0.05) is 12.7 Å². The topological polar surface area (TPSA) is 71.2 Å². The fourth-order valence-corrected chi connectivity index (χ4v) is 1.12. The van der Waals surface area contributed by atoms with E-state index in [0.29, 0.717) is 22.9 Å². The molecule has 0 saturated carbocycles. The van der Waals surface area contributed by atoms with Crippen molar-refractivity contribution in [3.8, 4) is 0 Å². The number of nitrogen functional groups attached to an aromatic ring is 1. The lowest BCUT2D eigenvalue weighted by atomic mass is 10.3. The number of rotatable bonds is 3. The van der Waals surface area contributed by atoms with Gasteiger partial charge in [-0.05, 0) is 6.92 Å². The molecule has 1 heterocycles. The van der Waals surface area contributed by atoms with E-state index in [1.165, 1.54) is 12.4 Å². The highest BCUT2D eigenvalue weighted by Crippen LogP contribution is 2.26. The van der Waals surface area contributed by atoms with Crippen LogP contribution < -0.4 is 11.1 Å². The van der Waals surface area contributed by atoms with Gasteiger partial charge in [-0.2, -0.15) is 0 Å². The molecule has 1 aromatic rings. The molecular formula is C8H12ClN3O. The number of nitrogens with zero attached hydrogens (tertiary/aromatic N) is 1. The number of aromatic nitrogens is 1. The van der Waals surface area contributed by atoms with E-state index in [0.717, 1.165) is 0 Å². The number of anilines is 2. The zero-order chi connectivity index (χ0) is 9.84. The van der Waals surface area contributed by atoms with Crippen LogP contribution in [0.2, 0.25) is 5.02 Å². The highest BCUT2D eigenvalue weighted by atomic mass is 35.5. The maximum absolute atomic E-state index is 9.03. The predicted molar refractivity (Wildman–Crippen MR) is 53.8 cm³/mol. The van der Waals surface area contributed by atoms with Gasteiger partial charge in [0.15, 0.2) is 0 Å². The summed E-state index contributed by atoms with van der Waals surface area (Å²) in [7, 11) is 0. The Morgan fingerprint density at radius 2 is 2.38 bits per heavy atom. The molecule has 1 atom stereocenters. The van der Waals surface area contributed by atoms with Crippen LogP contribution in [0.15, 0.2) is 12.4 Å². The highest BCUT2D eigenvalue weighted by Gasteiger charge is 2.04. The second-order valence-electron chi connectivity index (χ2n) is 2.82. The van der Waals surface area contributed by atoms with E-state index >= 15 is 0 Å². The van der Waals surface area contributed by atoms with Crippen LogP contribution in [-0.4, -0.2) is 22.7 Å². The fourth-order valence-electron chi connectivity index (χ4n) is 0.886. The second-order valence-corrected chi connectivity index (χ2v) is 3.22. The Morgan fingerprint density at radius 3 is 2.92 bits per heavy atom. The van der Waals surface area contributed by atoms with Crippen molar-refractivity contribution in [1.29, 1.82) is 0 Å². The summed E-state index contributed by atoms with van der Waals surface area (Å²) in [5.41, 5.74) is 6.72. The predicted octanol–water partition coefficient (Wildman–Crippen LogP) is 1.11. The molecule has 4 nitrogen and oxygen atoms in total. The first kappa shape index (κ1) is 10.1. The van der Waals surface area contributed by atoms with Crippen molar-refractivity contribution in [1.82, 2.24) is 4.98 Å². The van der Waals surface area contributed by atoms with Crippen LogP contribution in [0.5, 0.6) is 0 Å². The number of nitrogens with two attached hydrogens (primary N) is 1. The average Bonchev–Trinajstić information content (AvgIpc) is 2.03. The van der Waals surface area contributed by atoms with Crippen LogP contribution in [0, 0.1) is 0 Å². The molecule has 72 valence electrons. The number of hydrogen-bond acceptors (Lipinski definition) is 4. The lowest BCUT2D eigenvalue weighted by Crippen LogP contribution is -2.16. The van der Waals surface area contributed by atoms with Gasteiger partial charge in [0.1, 0.15) is 0 Å². The van der Waals surface area contributed by atoms with Crippen molar-refractivity contribution in [2.45, 2.75) is 13.0 Å².